The number of hydrogen-bond donors (Lipinski definition) is 2. The molecule has 36 heavy (non-hydrogen) atoms. The van der Waals surface area contributed by atoms with Gasteiger partial charge >= 0.3 is 5.97 Å². The van der Waals surface area contributed by atoms with Crippen LogP contribution in [-0.2, 0) is 19.7 Å². The summed E-state index contributed by atoms with van der Waals surface area (Å²) in [5.41, 5.74) is 2.36. The fourth-order valence-corrected chi connectivity index (χ4v) is 3.38. The molecule has 0 fully saturated rings. The quantitative estimate of drug-likeness (QED) is 0.418. The van der Waals surface area contributed by atoms with Crippen molar-refractivity contribution in [3.05, 3.63) is 83.9 Å². The molecule has 8 heteroatoms. The molecule has 0 spiro atoms. The molecule has 3 rings (SSSR count). The second-order valence-corrected chi connectivity index (χ2v) is 9.01. The van der Waals surface area contributed by atoms with Gasteiger partial charge in [0.1, 0.15) is 11.5 Å². The first-order valence-corrected chi connectivity index (χ1v) is 11.4. The van der Waals surface area contributed by atoms with E-state index in [0.29, 0.717) is 22.9 Å². The van der Waals surface area contributed by atoms with Gasteiger partial charge in [-0.05, 0) is 53.4 Å². The van der Waals surface area contributed by atoms with Gasteiger partial charge in [0.2, 0.25) is 0 Å². The lowest BCUT2D eigenvalue weighted by molar-refractivity contribution is -0.119. The largest absolute Gasteiger partial charge is 0.497 e. The van der Waals surface area contributed by atoms with Crippen molar-refractivity contribution >= 4 is 29.2 Å². The minimum atomic E-state index is -0.642. The number of hydrogen-bond acceptors (Lipinski definition) is 6. The van der Waals surface area contributed by atoms with Gasteiger partial charge in [-0.25, -0.2) is 4.79 Å². The molecule has 3 aromatic rings. The summed E-state index contributed by atoms with van der Waals surface area (Å²) < 4.78 is 15.7. The Bertz CT molecular complexity index is 1220. The molecule has 2 N–H and O–H groups in total. The zero-order valence-electron chi connectivity index (χ0n) is 20.8. The van der Waals surface area contributed by atoms with Gasteiger partial charge in [0.05, 0.1) is 12.7 Å². The topological polar surface area (TPSA) is 103 Å². The molecule has 0 aliphatic carbocycles. The summed E-state index contributed by atoms with van der Waals surface area (Å²) in [7, 11) is 1.55. The zero-order chi connectivity index (χ0) is 26.1. The first-order valence-electron chi connectivity index (χ1n) is 11.4. The van der Waals surface area contributed by atoms with Gasteiger partial charge in [-0.2, -0.15) is 0 Å². The van der Waals surface area contributed by atoms with Crippen LogP contribution in [0.3, 0.4) is 0 Å². The lowest BCUT2D eigenvalue weighted by atomic mass is 9.86. The molecule has 0 bridgehead atoms. The van der Waals surface area contributed by atoms with E-state index in [4.69, 9.17) is 14.2 Å². The van der Waals surface area contributed by atoms with E-state index >= 15 is 0 Å². The van der Waals surface area contributed by atoms with E-state index in [1.165, 1.54) is 12.1 Å². The highest BCUT2D eigenvalue weighted by atomic mass is 16.5. The van der Waals surface area contributed by atoms with Crippen LogP contribution < -0.4 is 20.1 Å². The second-order valence-electron chi connectivity index (χ2n) is 9.01. The molecule has 0 aliphatic rings. The maximum atomic E-state index is 12.3. The lowest BCUT2D eigenvalue weighted by Crippen LogP contribution is -2.23. The van der Waals surface area contributed by atoms with E-state index in [2.05, 4.69) is 31.4 Å². The van der Waals surface area contributed by atoms with E-state index in [1.54, 1.807) is 43.5 Å². The van der Waals surface area contributed by atoms with E-state index in [-0.39, 0.29) is 23.5 Å². The zero-order valence-corrected chi connectivity index (χ0v) is 20.8. The number of para-hydroxylation sites is 1. The third kappa shape index (κ3) is 7.59. The minimum Gasteiger partial charge on any atom is -0.497 e. The lowest BCUT2D eigenvalue weighted by Gasteiger charge is -2.22. The highest BCUT2D eigenvalue weighted by Crippen LogP contribution is 2.29. The van der Waals surface area contributed by atoms with Crippen molar-refractivity contribution in [1.29, 1.82) is 0 Å². The van der Waals surface area contributed by atoms with Crippen LogP contribution in [0.2, 0.25) is 0 Å². The Morgan fingerprint density at radius 1 is 0.778 bits per heavy atom. The molecular formula is C28H30N2O6. The van der Waals surface area contributed by atoms with Gasteiger partial charge in [-0.15, -0.1) is 0 Å². The maximum absolute atomic E-state index is 12.3. The molecule has 0 unspecified atom stereocenters. The number of carbonyl (C=O) groups is 3. The Hall–Kier alpha value is -4.33. The molecule has 0 aliphatic heterocycles. The molecule has 0 atom stereocenters. The summed E-state index contributed by atoms with van der Waals surface area (Å²) >= 11 is 0. The Labute approximate surface area is 210 Å². The van der Waals surface area contributed by atoms with Crippen LogP contribution in [0.25, 0.3) is 0 Å². The summed E-state index contributed by atoms with van der Waals surface area (Å²) in [5, 5.41) is 5.52. The van der Waals surface area contributed by atoms with Crippen LogP contribution in [0, 0.1) is 0 Å². The normalized spacial score (nSPS) is 10.8. The molecule has 0 saturated heterocycles. The Morgan fingerprint density at radius 2 is 1.47 bits per heavy atom. The SMILES string of the molecule is COc1cccc(NC(=O)COc2ccc(C(=O)OCC(=O)Nc3ccccc3C(C)(C)C)cc2)c1. The predicted octanol–water partition coefficient (Wildman–Crippen LogP) is 4.81. The smallest absolute Gasteiger partial charge is 0.338 e. The summed E-state index contributed by atoms with van der Waals surface area (Å²) in [4.78, 5) is 36.8. The van der Waals surface area contributed by atoms with Crippen LogP contribution >= 0.6 is 0 Å². The van der Waals surface area contributed by atoms with Crippen LogP contribution in [0.15, 0.2) is 72.8 Å². The van der Waals surface area contributed by atoms with Gasteiger partial charge in [-0.1, -0.05) is 45.0 Å². The summed E-state index contributed by atoms with van der Waals surface area (Å²) in [5.74, 6) is -0.378. The third-order valence-electron chi connectivity index (χ3n) is 5.16. The molecular weight excluding hydrogens is 460 g/mol. The summed E-state index contributed by atoms with van der Waals surface area (Å²) in [6.45, 7) is 5.53. The predicted molar refractivity (Wildman–Crippen MR) is 138 cm³/mol. The molecule has 0 radical (unpaired) electrons. The number of benzene rings is 3. The minimum absolute atomic E-state index is 0.153. The molecule has 0 saturated carbocycles. The van der Waals surface area contributed by atoms with Gasteiger partial charge in [0.25, 0.3) is 11.8 Å². The molecule has 3 aromatic carbocycles. The van der Waals surface area contributed by atoms with Crippen LogP contribution in [0.4, 0.5) is 11.4 Å². The maximum Gasteiger partial charge on any atom is 0.338 e. The standard InChI is InChI=1S/C28H30N2O6/c1-28(2,3)23-10-5-6-11-24(23)30-26(32)18-36-27(33)19-12-14-21(15-13-19)35-17-25(31)29-20-8-7-9-22(16-20)34-4/h5-16H,17-18H2,1-4H3,(H,29,31)(H,30,32). The Balaban J connectivity index is 1.46. The number of anilines is 2. The fourth-order valence-electron chi connectivity index (χ4n) is 3.38. The van der Waals surface area contributed by atoms with Crippen molar-refractivity contribution in [3.8, 4) is 11.5 Å². The van der Waals surface area contributed by atoms with E-state index in [0.717, 1.165) is 5.56 Å². The van der Waals surface area contributed by atoms with Crippen molar-refractivity contribution in [2.45, 2.75) is 26.2 Å². The monoisotopic (exact) mass is 490 g/mol. The highest BCUT2D eigenvalue weighted by molar-refractivity contribution is 5.96. The van der Waals surface area contributed by atoms with Crippen molar-refractivity contribution in [2.24, 2.45) is 0 Å². The Morgan fingerprint density at radius 3 is 2.17 bits per heavy atom. The number of methoxy groups -OCH3 is 1. The highest BCUT2D eigenvalue weighted by Gasteiger charge is 2.19. The second kappa shape index (κ2) is 11.9. The molecule has 2 amide bonds. The van der Waals surface area contributed by atoms with Gasteiger partial charge < -0.3 is 24.8 Å². The molecule has 0 aromatic heterocycles. The van der Waals surface area contributed by atoms with E-state index in [1.807, 2.05) is 24.3 Å². The number of amides is 2. The van der Waals surface area contributed by atoms with Gasteiger partial charge in [0, 0.05) is 17.4 Å². The van der Waals surface area contributed by atoms with Crippen molar-refractivity contribution < 1.29 is 28.6 Å². The van der Waals surface area contributed by atoms with E-state index in [9.17, 15) is 14.4 Å². The average Bonchev–Trinajstić information content (AvgIpc) is 2.86. The molecule has 0 heterocycles. The van der Waals surface area contributed by atoms with Crippen LogP contribution in [0.1, 0.15) is 36.7 Å². The van der Waals surface area contributed by atoms with Crippen molar-refractivity contribution in [2.75, 3.05) is 31.0 Å². The molecule has 188 valence electrons. The van der Waals surface area contributed by atoms with E-state index < -0.39 is 18.5 Å². The number of rotatable bonds is 9. The van der Waals surface area contributed by atoms with Gasteiger partial charge in [-0.3, -0.25) is 9.59 Å². The van der Waals surface area contributed by atoms with Crippen LogP contribution in [0.5, 0.6) is 11.5 Å². The number of ether oxygens (including phenoxy) is 3. The molecule has 8 nitrogen and oxygen atoms in total. The summed E-state index contributed by atoms with van der Waals surface area (Å²) in [6, 6.07) is 20.6. The number of esters is 1. The fraction of sp³-hybridized carbons (Fsp3) is 0.250. The van der Waals surface area contributed by atoms with Crippen LogP contribution in [-0.4, -0.2) is 38.1 Å². The van der Waals surface area contributed by atoms with Crippen molar-refractivity contribution in [3.63, 3.8) is 0 Å². The Kier molecular flexibility index (Phi) is 8.67. The number of carbonyl (C=O) groups excluding carboxylic acids is 3. The third-order valence-corrected chi connectivity index (χ3v) is 5.16. The first-order chi connectivity index (χ1) is 17.2. The average molecular weight is 491 g/mol. The van der Waals surface area contributed by atoms with Crippen molar-refractivity contribution in [1.82, 2.24) is 0 Å². The number of nitrogens with one attached hydrogen (secondary N) is 2. The summed E-state index contributed by atoms with van der Waals surface area (Å²) in [6.07, 6.45) is 0. The first kappa shape index (κ1) is 26.3. The van der Waals surface area contributed by atoms with Gasteiger partial charge in [0.15, 0.2) is 13.2 Å².